The van der Waals surface area contributed by atoms with E-state index in [-0.39, 0.29) is 10.8 Å². The van der Waals surface area contributed by atoms with E-state index in [1.54, 1.807) is 0 Å². The molecule has 2 aliphatic carbocycles. The SMILES string of the molecule is CC(C)=c1cccc2c1=C(C(C)(C)C)C(C1=CC=C(C(C)(C)C)C1)=[C]2. The summed E-state index contributed by atoms with van der Waals surface area (Å²) in [6, 6.07) is 6.64. The normalized spacial score (nSPS) is 17.3. The maximum atomic E-state index is 3.76. The first-order valence-corrected chi connectivity index (χ1v) is 9.36. The molecule has 0 N–H and O–H groups in total. The Morgan fingerprint density at radius 3 is 2.12 bits per heavy atom. The molecule has 0 unspecified atom stereocenters. The van der Waals surface area contributed by atoms with Crippen molar-refractivity contribution in [1.29, 1.82) is 0 Å². The van der Waals surface area contributed by atoms with Gasteiger partial charge in [0.2, 0.25) is 0 Å². The number of hydrogen-bond acceptors (Lipinski definition) is 0. The van der Waals surface area contributed by atoms with Crippen molar-refractivity contribution < 1.29 is 0 Å². The van der Waals surface area contributed by atoms with Crippen molar-refractivity contribution in [1.82, 2.24) is 0 Å². The average Bonchev–Trinajstić information content (AvgIpc) is 3.09. The largest absolute Gasteiger partial charge is 0.0686 e. The maximum absolute atomic E-state index is 3.76. The highest BCUT2D eigenvalue weighted by molar-refractivity contribution is 5.80. The minimum atomic E-state index is 0.0878. The van der Waals surface area contributed by atoms with E-state index in [1.807, 2.05) is 0 Å². The van der Waals surface area contributed by atoms with Gasteiger partial charge in [0.25, 0.3) is 0 Å². The van der Waals surface area contributed by atoms with Crippen LogP contribution in [0, 0.1) is 16.9 Å². The molecule has 0 saturated carbocycles. The van der Waals surface area contributed by atoms with Gasteiger partial charge < -0.3 is 0 Å². The fourth-order valence-electron chi connectivity index (χ4n) is 3.87. The Balaban J connectivity index is 2.20. The molecule has 0 saturated heterocycles. The highest BCUT2D eigenvalue weighted by atomic mass is 14.3. The molecule has 0 amide bonds. The summed E-state index contributed by atoms with van der Waals surface area (Å²) in [4.78, 5) is 0. The Morgan fingerprint density at radius 2 is 1.60 bits per heavy atom. The summed E-state index contributed by atoms with van der Waals surface area (Å²) in [6.07, 6.45) is 9.46. The lowest BCUT2D eigenvalue weighted by atomic mass is 9.78. The molecular weight excluding hydrogens is 300 g/mol. The lowest BCUT2D eigenvalue weighted by Crippen LogP contribution is -2.32. The van der Waals surface area contributed by atoms with Crippen molar-refractivity contribution in [2.24, 2.45) is 10.8 Å². The van der Waals surface area contributed by atoms with E-state index >= 15 is 0 Å². The predicted molar refractivity (Wildman–Crippen MR) is 109 cm³/mol. The van der Waals surface area contributed by atoms with Gasteiger partial charge in [0, 0.05) is 0 Å². The molecule has 25 heavy (non-hydrogen) atoms. The van der Waals surface area contributed by atoms with Crippen molar-refractivity contribution in [3.63, 3.8) is 0 Å². The lowest BCUT2D eigenvalue weighted by molar-refractivity contribution is 0.494. The zero-order valence-corrected chi connectivity index (χ0v) is 17.1. The molecule has 3 rings (SSSR count). The van der Waals surface area contributed by atoms with E-state index < -0.39 is 0 Å². The zero-order chi connectivity index (χ0) is 18.6. The van der Waals surface area contributed by atoms with Crippen LogP contribution in [-0.2, 0) is 0 Å². The second-order valence-electron chi connectivity index (χ2n) is 9.66. The first-order chi connectivity index (χ1) is 11.5. The summed E-state index contributed by atoms with van der Waals surface area (Å²) in [7, 11) is 0. The van der Waals surface area contributed by atoms with Crippen LogP contribution in [0.2, 0.25) is 0 Å². The number of hydrogen-bond donors (Lipinski definition) is 0. The fourth-order valence-corrected chi connectivity index (χ4v) is 3.87. The molecule has 0 spiro atoms. The number of rotatable bonds is 1. The van der Waals surface area contributed by atoms with Gasteiger partial charge in [-0.1, -0.05) is 83.0 Å². The summed E-state index contributed by atoms with van der Waals surface area (Å²) in [5, 5.41) is 2.77. The van der Waals surface area contributed by atoms with E-state index in [0.29, 0.717) is 0 Å². The van der Waals surface area contributed by atoms with Gasteiger partial charge in [-0.2, -0.15) is 0 Å². The van der Waals surface area contributed by atoms with Gasteiger partial charge >= 0.3 is 0 Å². The molecular formula is C25H31. The molecule has 2 aliphatic rings. The van der Waals surface area contributed by atoms with Gasteiger partial charge in [-0.25, -0.2) is 0 Å². The molecule has 1 radical (unpaired) electrons. The fraction of sp³-hybridized carbons (Fsp3) is 0.440. The second-order valence-corrected chi connectivity index (χ2v) is 9.66. The van der Waals surface area contributed by atoms with Crippen LogP contribution < -0.4 is 10.4 Å². The Labute approximate surface area is 153 Å². The van der Waals surface area contributed by atoms with Gasteiger partial charge in [0.15, 0.2) is 0 Å². The molecule has 131 valence electrons. The topological polar surface area (TPSA) is 0 Å². The van der Waals surface area contributed by atoms with Crippen LogP contribution in [0.25, 0.3) is 11.1 Å². The summed E-state index contributed by atoms with van der Waals surface area (Å²) in [5.41, 5.74) is 8.65. The van der Waals surface area contributed by atoms with Crippen LogP contribution in [0.15, 0.2) is 47.1 Å². The number of benzene rings is 1. The zero-order valence-electron chi connectivity index (χ0n) is 17.1. The summed E-state index contributed by atoms with van der Waals surface area (Å²) in [5.74, 6) is 0. The van der Waals surface area contributed by atoms with Gasteiger partial charge in [0.05, 0.1) is 0 Å². The van der Waals surface area contributed by atoms with Crippen LogP contribution >= 0.6 is 0 Å². The van der Waals surface area contributed by atoms with E-state index in [0.717, 1.165) is 6.42 Å². The summed E-state index contributed by atoms with van der Waals surface area (Å²) in [6.45, 7) is 18.3. The monoisotopic (exact) mass is 331 g/mol. The standard InChI is InChI=1S/C25H31/c1-16(2)20-11-9-10-18-15-21(23(22(18)20)25(6,7)8)17-12-13-19(14-17)24(3,4)5/h9-13H,14H2,1-8H3. The predicted octanol–water partition coefficient (Wildman–Crippen LogP) is 5.47. The third-order valence-electron chi connectivity index (χ3n) is 5.26. The second kappa shape index (κ2) is 5.87. The van der Waals surface area contributed by atoms with Gasteiger partial charge in [-0.05, 0) is 69.9 Å². The highest BCUT2D eigenvalue weighted by Crippen LogP contribution is 2.43. The summed E-state index contributed by atoms with van der Waals surface area (Å²) >= 11 is 0. The van der Waals surface area contributed by atoms with Crippen LogP contribution in [0.3, 0.4) is 0 Å². The number of allylic oxidation sites excluding steroid dienone is 5. The van der Waals surface area contributed by atoms with Gasteiger partial charge in [-0.3, -0.25) is 0 Å². The lowest BCUT2D eigenvalue weighted by Gasteiger charge is -2.26. The Bertz CT molecular complexity index is 925. The third kappa shape index (κ3) is 3.19. The smallest absolute Gasteiger partial charge is 0.00139 e. The molecule has 1 aromatic rings. The van der Waals surface area contributed by atoms with Crippen molar-refractivity contribution in [2.75, 3.05) is 0 Å². The van der Waals surface area contributed by atoms with Crippen LogP contribution in [0.1, 0.15) is 67.4 Å². The molecule has 1 aromatic carbocycles. The molecule has 0 fully saturated rings. The quantitative estimate of drug-likeness (QED) is 0.640. The molecule has 0 aromatic heterocycles. The maximum Gasteiger partial charge on any atom is -0.00139 e. The van der Waals surface area contributed by atoms with Gasteiger partial charge in [0.1, 0.15) is 0 Å². The summed E-state index contributed by atoms with van der Waals surface area (Å²) < 4.78 is 0. The Hall–Kier alpha value is -1.82. The van der Waals surface area contributed by atoms with Crippen LogP contribution in [0.4, 0.5) is 0 Å². The van der Waals surface area contributed by atoms with Crippen LogP contribution in [0.5, 0.6) is 0 Å². The van der Waals surface area contributed by atoms with E-state index in [4.69, 9.17) is 0 Å². The Kier molecular flexibility index (Phi) is 4.22. The third-order valence-corrected chi connectivity index (χ3v) is 5.26. The van der Waals surface area contributed by atoms with E-state index in [2.05, 4.69) is 91.8 Å². The van der Waals surface area contributed by atoms with Crippen molar-refractivity contribution >= 4 is 11.1 Å². The van der Waals surface area contributed by atoms with Crippen molar-refractivity contribution in [2.45, 2.75) is 61.8 Å². The minimum Gasteiger partial charge on any atom is -0.0686 e. The van der Waals surface area contributed by atoms with Crippen molar-refractivity contribution in [3.8, 4) is 0 Å². The number of fused-ring (bicyclic) bond motifs is 1. The highest BCUT2D eigenvalue weighted by Gasteiger charge is 2.31. The molecule has 0 bridgehead atoms. The van der Waals surface area contributed by atoms with E-state index in [1.165, 1.54) is 43.9 Å². The van der Waals surface area contributed by atoms with E-state index in [9.17, 15) is 0 Å². The molecule has 0 heteroatoms. The first kappa shape index (κ1) is 18.0. The van der Waals surface area contributed by atoms with Gasteiger partial charge in [-0.15, -0.1) is 0 Å². The minimum absolute atomic E-state index is 0.0878. The van der Waals surface area contributed by atoms with Crippen LogP contribution in [-0.4, -0.2) is 0 Å². The average molecular weight is 332 g/mol. The molecule has 0 aliphatic heterocycles. The molecule has 0 nitrogen and oxygen atoms in total. The molecule has 0 atom stereocenters. The van der Waals surface area contributed by atoms with Crippen molar-refractivity contribution in [3.05, 3.63) is 69.1 Å². The Morgan fingerprint density at radius 1 is 0.920 bits per heavy atom. The molecule has 0 heterocycles. The first-order valence-electron chi connectivity index (χ1n) is 9.36.